The average molecular weight is 356 g/mol. The predicted octanol–water partition coefficient (Wildman–Crippen LogP) is 3.46. The summed E-state index contributed by atoms with van der Waals surface area (Å²) in [7, 11) is -3.61. The molecule has 0 spiro atoms. The Labute approximate surface area is 146 Å². The molecule has 1 aromatic rings. The fourth-order valence-corrected chi connectivity index (χ4v) is 5.17. The van der Waals surface area contributed by atoms with Crippen molar-refractivity contribution in [2.45, 2.75) is 45.9 Å². The zero-order valence-electron chi connectivity index (χ0n) is 15.3. The number of hydrogen-bond acceptors (Lipinski definition) is 4. The van der Waals surface area contributed by atoms with Crippen LogP contribution in [0, 0.1) is 18.8 Å². The minimum Gasteiger partial charge on any atom is -0.494 e. The molecule has 2 rings (SSSR count). The highest BCUT2D eigenvalue weighted by molar-refractivity contribution is 7.89. The number of hydrogen-bond donors (Lipinski definition) is 0. The molecule has 2 atom stereocenters. The molecular weight excluding hydrogens is 326 g/mol. The van der Waals surface area contributed by atoms with Crippen LogP contribution in [-0.2, 0) is 10.0 Å². The third-order valence-corrected chi connectivity index (χ3v) is 6.15. The summed E-state index contributed by atoms with van der Waals surface area (Å²) in [4.78, 5) is 0.208. The highest BCUT2D eigenvalue weighted by atomic mass is 32.2. The van der Waals surface area contributed by atoms with Crippen molar-refractivity contribution in [2.75, 3.05) is 26.3 Å². The molecule has 1 aliphatic rings. The Balaban J connectivity index is 2.48. The van der Waals surface area contributed by atoms with Gasteiger partial charge < -0.3 is 9.47 Å². The van der Waals surface area contributed by atoms with Gasteiger partial charge in [-0.2, -0.15) is 4.31 Å². The monoisotopic (exact) mass is 355 g/mol. The number of sulfonamides is 1. The lowest BCUT2D eigenvalue weighted by Gasteiger charge is -2.34. The summed E-state index contributed by atoms with van der Waals surface area (Å²) < 4.78 is 39.3. The molecule has 24 heavy (non-hydrogen) atoms. The molecule has 1 aromatic carbocycles. The van der Waals surface area contributed by atoms with Crippen molar-refractivity contribution >= 4 is 10.0 Å². The van der Waals surface area contributed by atoms with Gasteiger partial charge in [0.15, 0.2) is 0 Å². The van der Waals surface area contributed by atoms with Gasteiger partial charge in [-0.25, -0.2) is 8.42 Å². The molecule has 0 saturated carbocycles. The first-order chi connectivity index (χ1) is 11.3. The second-order valence-electron chi connectivity index (χ2n) is 6.70. The number of benzene rings is 1. The van der Waals surface area contributed by atoms with Gasteiger partial charge in [0.1, 0.15) is 16.4 Å². The standard InChI is InChI=1S/C18H29NO4S/c1-6-22-16-10-18(17(23-7-2)9-15(16)5)24(20,21)19-11-13(3)8-14(4)12-19/h9-10,13-14H,6-8,11-12H2,1-5H3/t13-,14+. The first-order valence-electron chi connectivity index (χ1n) is 8.69. The first-order valence-corrected chi connectivity index (χ1v) is 10.1. The van der Waals surface area contributed by atoms with Crippen LogP contribution < -0.4 is 9.47 Å². The van der Waals surface area contributed by atoms with Gasteiger partial charge >= 0.3 is 0 Å². The van der Waals surface area contributed by atoms with E-state index >= 15 is 0 Å². The lowest BCUT2D eigenvalue weighted by Crippen LogP contribution is -2.42. The van der Waals surface area contributed by atoms with Crippen LogP contribution in [0.5, 0.6) is 11.5 Å². The minimum atomic E-state index is -3.61. The Kier molecular flexibility index (Phi) is 6.15. The second kappa shape index (κ2) is 7.74. The number of piperidine rings is 1. The third-order valence-electron chi connectivity index (χ3n) is 4.29. The van der Waals surface area contributed by atoms with Gasteiger partial charge in [0.05, 0.1) is 13.2 Å². The van der Waals surface area contributed by atoms with Crippen LogP contribution in [0.1, 0.15) is 39.7 Å². The molecule has 0 aromatic heterocycles. The molecule has 0 aliphatic carbocycles. The molecule has 1 heterocycles. The maximum absolute atomic E-state index is 13.2. The van der Waals surface area contributed by atoms with Crippen LogP contribution in [0.25, 0.3) is 0 Å². The van der Waals surface area contributed by atoms with Crippen LogP contribution in [0.3, 0.4) is 0 Å². The molecule has 1 aliphatic heterocycles. The smallest absolute Gasteiger partial charge is 0.246 e. The Morgan fingerprint density at radius 2 is 1.58 bits per heavy atom. The lowest BCUT2D eigenvalue weighted by molar-refractivity contribution is 0.221. The highest BCUT2D eigenvalue weighted by Crippen LogP contribution is 2.35. The molecule has 1 fully saturated rings. The predicted molar refractivity (Wildman–Crippen MR) is 95.2 cm³/mol. The van der Waals surface area contributed by atoms with Crippen LogP contribution in [-0.4, -0.2) is 39.0 Å². The zero-order chi connectivity index (χ0) is 17.9. The quantitative estimate of drug-likeness (QED) is 0.784. The van der Waals surface area contributed by atoms with E-state index in [-0.39, 0.29) is 4.90 Å². The molecule has 0 bridgehead atoms. The van der Waals surface area contributed by atoms with Crippen molar-refractivity contribution in [2.24, 2.45) is 11.8 Å². The van der Waals surface area contributed by atoms with Gasteiger partial charge in [-0.3, -0.25) is 0 Å². The summed E-state index contributed by atoms with van der Waals surface area (Å²) in [5.41, 5.74) is 0.875. The van der Waals surface area contributed by atoms with Crippen molar-refractivity contribution in [1.29, 1.82) is 0 Å². The van der Waals surface area contributed by atoms with Gasteiger partial charge in [0.25, 0.3) is 0 Å². The van der Waals surface area contributed by atoms with E-state index in [4.69, 9.17) is 9.47 Å². The van der Waals surface area contributed by atoms with Crippen molar-refractivity contribution < 1.29 is 17.9 Å². The molecule has 1 saturated heterocycles. The van der Waals surface area contributed by atoms with E-state index in [9.17, 15) is 8.42 Å². The van der Waals surface area contributed by atoms with E-state index in [1.165, 1.54) is 0 Å². The van der Waals surface area contributed by atoms with Gasteiger partial charge in [-0.05, 0) is 50.7 Å². The molecule has 0 amide bonds. The van der Waals surface area contributed by atoms with Gasteiger partial charge in [-0.15, -0.1) is 0 Å². The summed E-state index contributed by atoms with van der Waals surface area (Å²) in [6, 6.07) is 3.38. The number of rotatable bonds is 6. The molecule has 0 radical (unpaired) electrons. The molecule has 5 nitrogen and oxygen atoms in total. The summed E-state index contributed by atoms with van der Waals surface area (Å²) in [5, 5.41) is 0. The molecular formula is C18H29NO4S. The van der Waals surface area contributed by atoms with Crippen LogP contribution in [0.2, 0.25) is 0 Å². The van der Waals surface area contributed by atoms with E-state index in [0.29, 0.717) is 49.6 Å². The van der Waals surface area contributed by atoms with E-state index in [1.807, 2.05) is 20.8 Å². The summed E-state index contributed by atoms with van der Waals surface area (Å²) in [6.45, 7) is 11.9. The molecule has 6 heteroatoms. The Morgan fingerprint density at radius 3 is 2.12 bits per heavy atom. The first kappa shape index (κ1) is 19.1. The number of nitrogens with zero attached hydrogens (tertiary/aromatic N) is 1. The fraction of sp³-hybridized carbons (Fsp3) is 0.667. The minimum absolute atomic E-state index is 0.208. The maximum Gasteiger partial charge on any atom is 0.246 e. The van der Waals surface area contributed by atoms with E-state index in [0.717, 1.165) is 12.0 Å². The van der Waals surface area contributed by atoms with E-state index in [2.05, 4.69) is 13.8 Å². The maximum atomic E-state index is 13.2. The topological polar surface area (TPSA) is 55.8 Å². The molecule has 0 N–H and O–H groups in total. The van der Waals surface area contributed by atoms with E-state index in [1.54, 1.807) is 16.4 Å². The van der Waals surface area contributed by atoms with Crippen LogP contribution in [0.15, 0.2) is 17.0 Å². The number of aryl methyl sites for hydroxylation is 1. The third kappa shape index (κ3) is 4.03. The van der Waals surface area contributed by atoms with Crippen molar-refractivity contribution in [1.82, 2.24) is 4.31 Å². The summed E-state index contributed by atoms with van der Waals surface area (Å²) in [6.07, 6.45) is 1.06. The normalized spacial score (nSPS) is 22.4. The Bertz CT molecular complexity index is 662. The Hall–Kier alpha value is -1.27. The second-order valence-corrected chi connectivity index (χ2v) is 8.60. The highest BCUT2D eigenvalue weighted by Gasteiger charge is 2.34. The van der Waals surface area contributed by atoms with Gasteiger partial charge in [0.2, 0.25) is 10.0 Å². The summed E-state index contributed by atoms with van der Waals surface area (Å²) >= 11 is 0. The lowest BCUT2D eigenvalue weighted by atomic mass is 9.94. The van der Waals surface area contributed by atoms with E-state index < -0.39 is 10.0 Å². The van der Waals surface area contributed by atoms with Gasteiger partial charge in [0, 0.05) is 19.2 Å². The van der Waals surface area contributed by atoms with Crippen molar-refractivity contribution in [3.63, 3.8) is 0 Å². The number of ether oxygens (including phenoxy) is 2. The summed E-state index contributed by atoms with van der Waals surface area (Å²) in [5.74, 6) is 1.72. The molecule has 136 valence electrons. The largest absolute Gasteiger partial charge is 0.494 e. The fourth-order valence-electron chi connectivity index (χ4n) is 3.36. The van der Waals surface area contributed by atoms with Crippen molar-refractivity contribution in [3.8, 4) is 11.5 Å². The average Bonchev–Trinajstić information content (AvgIpc) is 2.49. The van der Waals surface area contributed by atoms with Crippen LogP contribution >= 0.6 is 0 Å². The molecule has 0 unspecified atom stereocenters. The van der Waals surface area contributed by atoms with Crippen LogP contribution in [0.4, 0.5) is 0 Å². The van der Waals surface area contributed by atoms with Gasteiger partial charge in [-0.1, -0.05) is 13.8 Å². The Morgan fingerprint density at radius 1 is 1.04 bits per heavy atom. The SMILES string of the molecule is CCOc1cc(S(=O)(=O)N2C[C@H](C)C[C@H](C)C2)c(OCC)cc1C. The zero-order valence-corrected chi connectivity index (χ0v) is 16.1. The van der Waals surface area contributed by atoms with Crippen molar-refractivity contribution in [3.05, 3.63) is 17.7 Å².